The van der Waals surface area contributed by atoms with E-state index in [4.69, 9.17) is 14.2 Å². The van der Waals surface area contributed by atoms with E-state index in [-0.39, 0.29) is 13.0 Å². The monoisotopic (exact) mass is 427 g/mol. The Morgan fingerprint density at radius 2 is 1.48 bits per heavy atom. The lowest BCUT2D eigenvalue weighted by atomic mass is 10.1. The number of amides is 1. The van der Waals surface area contributed by atoms with E-state index in [0.29, 0.717) is 11.1 Å². The van der Waals surface area contributed by atoms with Crippen molar-refractivity contribution >= 4 is 18.0 Å². The number of rotatable bonds is 6. The summed E-state index contributed by atoms with van der Waals surface area (Å²) in [6.45, 7) is 3.70. The van der Waals surface area contributed by atoms with Crippen molar-refractivity contribution in [1.82, 2.24) is 5.32 Å². The van der Waals surface area contributed by atoms with Crippen molar-refractivity contribution in [3.05, 3.63) is 70.8 Å². The topological polar surface area (TPSA) is 100 Å². The average molecular weight is 427 g/mol. The van der Waals surface area contributed by atoms with Gasteiger partial charge in [-0.1, -0.05) is 35.4 Å². The number of alkyl carbamates (subject to hydrolysis) is 1. The zero-order chi connectivity index (χ0) is 22.4. The maximum Gasteiger partial charge on any atom is 0.408 e. The molecule has 8 nitrogen and oxygen atoms in total. The quantitative estimate of drug-likeness (QED) is 0.558. The van der Waals surface area contributed by atoms with Gasteiger partial charge in [0.15, 0.2) is 0 Å². The minimum absolute atomic E-state index is 0.141. The molecule has 1 heterocycles. The molecule has 1 amide bonds. The van der Waals surface area contributed by atoms with Crippen molar-refractivity contribution in [2.24, 2.45) is 0 Å². The van der Waals surface area contributed by atoms with E-state index in [1.54, 1.807) is 24.3 Å². The zero-order valence-electron chi connectivity index (χ0n) is 17.6. The van der Waals surface area contributed by atoms with E-state index in [9.17, 15) is 14.4 Å². The van der Waals surface area contributed by atoms with Crippen LogP contribution in [0.5, 0.6) is 0 Å². The highest BCUT2D eigenvalue weighted by Crippen LogP contribution is 2.24. The summed E-state index contributed by atoms with van der Waals surface area (Å²) < 4.78 is 21.3. The molecule has 31 heavy (non-hydrogen) atoms. The van der Waals surface area contributed by atoms with Crippen LogP contribution in [-0.4, -0.2) is 50.2 Å². The van der Waals surface area contributed by atoms with Crippen molar-refractivity contribution in [3.63, 3.8) is 0 Å². The van der Waals surface area contributed by atoms with Gasteiger partial charge in [-0.2, -0.15) is 0 Å². The number of methoxy groups -OCH3 is 1. The highest BCUT2D eigenvalue weighted by Gasteiger charge is 2.40. The summed E-state index contributed by atoms with van der Waals surface area (Å²) in [4.78, 5) is 36.4. The SMILES string of the molecule is COC(=O)NC1CC(OC(=O)c2ccc(C)cc2)C(COC(=O)c2ccc(C)cc2)O1. The summed E-state index contributed by atoms with van der Waals surface area (Å²) in [5.74, 6) is -1.04. The molecule has 1 fully saturated rings. The molecule has 0 aliphatic carbocycles. The van der Waals surface area contributed by atoms with Crippen molar-refractivity contribution in [3.8, 4) is 0 Å². The van der Waals surface area contributed by atoms with Crippen LogP contribution < -0.4 is 5.32 Å². The van der Waals surface area contributed by atoms with Gasteiger partial charge in [0.2, 0.25) is 0 Å². The van der Waals surface area contributed by atoms with Crippen LogP contribution in [0.2, 0.25) is 0 Å². The fourth-order valence-corrected chi connectivity index (χ4v) is 3.10. The number of carbonyl (C=O) groups is 3. The lowest BCUT2D eigenvalue weighted by Gasteiger charge is -2.19. The van der Waals surface area contributed by atoms with Crippen molar-refractivity contribution in [2.45, 2.75) is 38.7 Å². The summed E-state index contributed by atoms with van der Waals surface area (Å²) in [7, 11) is 1.24. The van der Waals surface area contributed by atoms with Gasteiger partial charge in [-0.25, -0.2) is 14.4 Å². The van der Waals surface area contributed by atoms with Gasteiger partial charge in [0.1, 0.15) is 25.0 Å². The molecule has 2 aromatic rings. The third-order valence-corrected chi connectivity index (χ3v) is 4.88. The van der Waals surface area contributed by atoms with Crippen LogP contribution in [0, 0.1) is 13.8 Å². The van der Waals surface area contributed by atoms with E-state index in [1.165, 1.54) is 7.11 Å². The second-order valence-corrected chi connectivity index (χ2v) is 7.31. The standard InChI is InChI=1S/C23H25NO7/c1-14-4-8-16(9-5-14)21(25)29-13-19-18(12-20(30-19)24-23(27)28-3)31-22(26)17-10-6-15(2)7-11-17/h4-11,18-20H,12-13H2,1-3H3,(H,24,27). The Morgan fingerprint density at radius 3 is 2.03 bits per heavy atom. The number of nitrogens with one attached hydrogen (secondary N) is 1. The molecule has 0 radical (unpaired) electrons. The Kier molecular flexibility index (Phi) is 7.25. The molecular formula is C23H25NO7. The van der Waals surface area contributed by atoms with Gasteiger partial charge in [0.05, 0.1) is 18.2 Å². The summed E-state index contributed by atoms with van der Waals surface area (Å²) in [6, 6.07) is 13.9. The number of aryl methyl sites for hydroxylation is 2. The molecule has 1 N–H and O–H groups in total. The molecule has 0 saturated carbocycles. The Labute approximate surface area is 180 Å². The summed E-state index contributed by atoms with van der Waals surface area (Å²) in [5, 5.41) is 2.52. The van der Waals surface area contributed by atoms with Crippen LogP contribution >= 0.6 is 0 Å². The first-order valence-corrected chi connectivity index (χ1v) is 9.87. The molecule has 0 aromatic heterocycles. The van der Waals surface area contributed by atoms with Gasteiger partial charge in [0, 0.05) is 6.42 Å². The summed E-state index contributed by atoms with van der Waals surface area (Å²) in [6.07, 6.45) is -2.69. The van der Waals surface area contributed by atoms with Gasteiger partial charge < -0.3 is 18.9 Å². The van der Waals surface area contributed by atoms with Gasteiger partial charge in [0.25, 0.3) is 0 Å². The van der Waals surface area contributed by atoms with Crippen LogP contribution in [-0.2, 0) is 18.9 Å². The number of hydrogen-bond donors (Lipinski definition) is 1. The smallest absolute Gasteiger partial charge is 0.408 e. The molecule has 3 rings (SSSR count). The first-order chi connectivity index (χ1) is 14.9. The lowest BCUT2D eigenvalue weighted by Crippen LogP contribution is -2.35. The van der Waals surface area contributed by atoms with Crippen LogP contribution in [0.4, 0.5) is 4.79 Å². The van der Waals surface area contributed by atoms with E-state index in [0.717, 1.165) is 11.1 Å². The molecular weight excluding hydrogens is 402 g/mol. The first-order valence-electron chi connectivity index (χ1n) is 9.87. The van der Waals surface area contributed by atoms with Gasteiger partial charge in [-0.15, -0.1) is 0 Å². The molecule has 1 aliphatic rings. The third-order valence-electron chi connectivity index (χ3n) is 4.88. The highest BCUT2D eigenvalue weighted by molar-refractivity contribution is 5.90. The van der Waals surface area contributed by atoms with Crippen LogP contribution in [0.3, 0.4) is 0 Å². The predicted molar refractivity (Wildman–Crippen MR) is 111 cm³/mol. The van der Waals surface area contributed by atoms with Crippen LogP contribution in [0.25, 0.3) is 0 Å². The third kappa shape index (κ3) is 6.05. The van der Waals surface area contributed by atoms with Crippen molar-refractivity contribution in [2.75, 3.05) is 13.7 Å². The Balaban J connectivity index is 1.65. The maximum absolute atomic E-state index is 12.5. The highest BCUT2D eigenvalue weighted by atomic mass is 16.6. The minimum atomic E-state index is -0.744. The first kappa shape index (κ1) is 22.3. The molecule has 3 unspecified atom stereocenters. The van der Waals surface area contributed by atoms with Crippen molar-refractivity contribution in [1.29, 1.82) is 0 Å². The Hall–Kier alpha value is -3.39. The molecule has 0 spiro atoms. The molecule has 164 valence electrons. The second-order valence-electron chi connectivity index (χ2n) is 7.31. The van der Waals surface area contributed by atoms with Gasteiger partial charge >= 0.3 is 18.0 Å². The van der Waals surface area contributed by atoms with E-state index >= 15 is 0 Å². The average Bonchev–Trinajstić information content (AvgIpc) is 3.13. The largest absolute Gasteiger partial charge is 0.459 e. The number of carbonyl (C=O) groups excluding carboxylic acids is 3. The Morgan fingerprint density at radius 1 is 0.935 bits per heavy atom. The fourth-order valence-electron chi connectivity index (χ4n) is 3.10. The van der Waals surface area contributed by atoms with Crippen molar-refractivity contribution < 1.29 is 33.3 Å². The lowest BCUT2D eigenvalue weighted by molar-refractivity contribution is -0.0468. The number of benzene rings is 2. The maximum atomic E-state index is 12.5. The number of ether oxygens (including phenoxy) is 4. The molecule has 2 aromatic carbocycles. The zero-order valence-corrected chi connectivity index (χ0v) is 17.6. The van der Waals surface area contributed by atoms with Gasteiger partial charge in [-0.3, -0.25) is 5.32 Å². The van der Waals surface area contributed by atoms with E-state index < -0.39 is 36.5 Å². The second kappa shape index (κ2) is 10.1. The summed E-state index contributed by atoms with van der Waals surface area (Å²) >= 11 is 0. The minimum Gasteiger partial charge on any atom is -0.459 e. The van der Waals surface area contributed by atoms with E-state index in [2.05, 4.69) is 10.1 Å². The van der Waals surface area contributed by atoms with Crippen LogP contribution in [0.1, 0.15) is 38.3 Å². The normalized spacial score (nSPS) is 20.0. The van der Waals surface area contributed by atoms with E-state index in [1.807, 2.05) is 38.1 Å². The van der Waals surface area contributed by atoms with Gasteiger partial charge in [-0.05, 0) is 38.1 Å². The molecule has 3 atom stereocenters. The Bertz CT molecular complexity index is 924. The fraction of sp³-hybridized carbons (Fsp3) is 0.348. The number of hydrogen-bond acceptors (Lipinski definition) is 7. The summed E-state index contributed by atoms with van der Waals surface area (Å²) in [5.41, 5.74) is 2.84. The number of esters is 2. The predicted octanol–water partition coefficient (Wildman–Crippen LogP) is 3.16. The van der Waals surface area contributed by atoms with Crippen LogP contribution in [0.15, 0.2) is 48.5 Å². The molecule has 1 aliphatic heterocycles. The molecule has 1 saturated heterocycles. The molecule has 0 bridgehead atoms. The molecule has 8 heteroatoms.